The fraction of sp³-hybridized carbons (Fsp3) is 0.227. The molecular weight excluding hydrogens is 422 g/mol. The molecule has 166 valence electrons. The second-order valence-corrected chi connectivity index (χ2v) is 6.99. The van der Waals surface area contributed by atoms with E-state index < -0.39 is 6.61 Å². The molecule has 10 heteroatoms. The van der Waals surface area contributed by atoms with Gasteiger partial charge in [-0.05, 0) is 42.8 Å². The quantitative estimate of drug-likeness (QED) is 0.464. The molecule has 3 heterocycles. The van der Waals surface area contributed by atoms with Crippen LogP contribution in [0, 0.1) is 6.92 Å². The van der Waals surface area contributed by atoms with E-state index in [1.54, 1.807) is 42.9 Å². The first kappa shape index (κ1) is 21.3. The molecular formula is C22H20F2N4O4. The van der Waals surface area contributed by atoms with Crippen molar-refractivity contribution in [1.82, 2.24) is 20.1 Å². The van der Waals surface area contributed by atoms with Gasteiger partial charge in [0.25, 0.3) is 5.91 Å². The van der Waals surface area contributed by atoms with E-state index in [2.05, 4.69) is 20.1 Å². The topological polar surface area (TPSA) is 91.4 Å². The highest BCUT2D eigenvalue weighted by atomic mass is 19.3. The summed E-state index contributed by atoms with van der Waals surface area (Å²) in [6.07, 6.45) is 1.53. The smallest absolute Gasteiger partial charge is 0.387 e. The lowest BCUT2D eigenvalue weighted by Crippen LogP contribution is -2.23. The van der Waals surface area contributed by atoms with E-state index in [9.17, 15) is 13.6 Å². The number of fused-ring (bicyclic) bond motifs is 1. The average molecular weight is 442 g/mol. The Labute approximate surface area is 181 Å². The normalized spacial score (nSPS) is 11.2. The number of hydrogen-bond donors (Lipinski definition) is 1. The lowest BCUT2D eigenvalue weighted by molar-refractivity contribution is -0.0512. The standard InChI is InChI=1S/C22H20F2N4O4/c1-12-19-14(10-15(16-5-4-8-31-16)26-20(19)28(2)27-12)21(29)25-11-13-6-7-17(32-22(23)24)18(9-13)30-3/h4-10,22H,11H2,1-3H3,(H,25,29). The number of alkyl halides is 2. The van der Waals surface area contributed by atoms with E-state index >= 15 is 0 Å². The summed E-state index contributed by atoms with van der Waals surface area (Å²) in [5, 5.41) is 7.87. The second-order valence-electron chi connectivity index (χ2n) is 6.99. The number of methoxy groups -OCH3 is 1. The summed E-state index contributed by atoms with van der Waals surface area (Å²) in [6.45, 7) is -1.02. The van der Waals surface area contributed by atoms with Crippen LogP contribution in [0.25, 0.3) is 22.5 Å². The van der Waals surface area contributed by atoms with Crippen molar-refractivity contribution in [1.29, 1.82) is 0 Å². The maximum atomic E-state index is 13.1. The zero-order chi connectivity index (χ0) is 22.8. The molecule has 1 amide bonds. The molecule has 0 spiro atoms. The molecule has 0 aliphatic heterocycles. The largest absolute Gasteiger partial charge is 0.493 e. The van der Waals surface area contributed by atoms with Crippen molar-refractivity contribution in [2.75, 3.05) is 7.11 Å². The molecule has 0 saturated heterocycles. The van der Waals surface area contributed by atoms with E-state index in [-0.39, 0.29) is 24.0 Å². The number of furan rings is 1. The Bertz CT molecular complexity index is 1270. The molecule has 0 aliphatic carbocycles. The first-order valence-electron chi connectivity index (χ1n) is 9.65. The van der Waals surface area contributed by atoms with E-state index in [1.807, 2.05) is 0 Å². The summed E-state index contributed by atoms with van der Waals surface area (Å²) in [7, 11) is 3.11. The van der Waals surface area contributed by atoms with E-state index in [0.29, 0.717) is 39.3 Å². The van der Waals surface area contributed by atoms with Crippen LogP contribution in [0.15, 0.2) is 47.1 Å². The molecule has 8 nitrogen and oxygen atoms in total. The Morgan fingerprint density at radius 2 is 2.06 bits per heavy atom. The third kappa shape index (κ3) is 4.11. The fourth-order valence-electron chi connectivity index (χ4n) is 3.47. The third-order valence-corrected chi connectivity index (χ3v) is 4.88. The van der Waals surface area contributed by atoms with Crippen LogP contribution in [0.4, 0.5) is 8.78 Å². The molecule has 4 rings (SSSR count). The number of pyridine rings is 1. The number of rotatable bonds is 7. The summed E-state index contributed by atoms with van der Waals surface area (Å²) in [5.41, 5.74) is 2.77. The van der Waals surface area contributed by atoms with Crippen molar-refractivity contribution in [2.24, 2.45) is 7.05 Å². The Morgan fingerprint density at radius 3 is 2.75 bits per heavy atom. The van der Waals surface area contributed by atoms with Crippen LogP contribution in [0.1, 0.15) is 21.6 Å². The zero-order valence-electron chi connectivity index (χ0n) is 17.6. The number of nitrogens with one attached hydrogen (secondary N) is 1. The number of halogens is 2. The number of aromatic nitrogens is 3. The first-order valence-corrected chi connectivity index (χ1v) is 9.65. The Morgan fingerprint density at radius 1 is 1.25 bits per heavy atom. The maximum Gasteiger partial charge on any atom is 0.387 e. The number of nitrogens with zero attached hydrogens (tertiary/aromatic N) is 3. The maximum absolute atomic E-state index is 13.1. The van der Waals surface area contributed by atoms with E-state index in [0.717, 1.165) is 0 Å². The summed E-state index contributed by atoms with van der Waals surface area (Å²) < 4.78 is 41.6. The summed E-state index contributed by atoms with van der Waals surface area (Å²) in [5.74, 6) is 0.251. The van der Waals surface area contributed by atoms with Gasteiger partial charge in [-0.1, -0.05) is 6.07 Å². The number of benzene rings is 1. The predicted molar refractivity (Wildman–Crippen MR) is 112 cm³/mol. The molecule has 0 radical (unpaired) electrons. The molecule has 0 aliphatic rings. The van der Waals surface area contributed by atoms with Gasteiger partial charge in [0.15, 0.2) is 22.9 Å². The molecule has 0 fully saturated rings. The number of hydrogen-bond acceptors (Lipinski definition) is 6. The van der Waals surface area contributed by atoms with Gasteiger partial charge in [0, 0.05) is 13.6 Å². The van der Waals surface area contributed by atoms with Crippen molar-refractivity contribution in [3.05, 3.63) is 59.5 Å². The zero-order valence-corrected chi connectivity index (χ0v) is 17.6. The minimum Gasteiger partial charge on any atom is -0.493 e. The van der Waals surface area contributed by atoms with Gasteiger partial charge in [-0.3, -0.25) is 9.48 Å². The van der Waals surface area contributed by atoms with E-state index in [4.69, 9.17) is 9.15 Å². The van der Waals surface area contributed by atoms with Crippen LogP contribution in [0.2, 0.25) is 0 Å². The Kier molecular flexibility index (Phi) is 5.76. The fourth-order valence-corrected chi connectivity index (χ4v) is 3.47. The number of carbonyl (C=O) groups excluding carboxylic acids is 1. The first-order chi connectivity index (χ1) is 15.4. The molecule has 0 unspecified atom stereocenters. The lowest BCUT2D eigenvalue weighted by Gasteiger charge is -2.12. The minimum absolute atomic E-state index is 0.0810. The molecule has 0 saturated carbocycles. The van der Waals surface area contributed by atoms with Gasteiger partial charge >= 0.3 is 6.61 Å². The molecule has 0 bridgehead atoms. The summed E-state index contributed by atoms with van der Waals surface area (Å²) >= 11 is 0. The van der Waals surface area contributed by atoms with Crippen molar-refractivity contribution in [2.45, 2.75) is 20.1 Å². The van der Waals surface area contributed by atoms with Gasteiger partial charge in [0.2, 0.25) is 0 Å². The van der Waals surface area contributed by atoms with Gasteiger partial charge in [0.05, 0.1) is 30.0 Å². The number of aryl methyl sites for hydroxylation is 2. The number of ether oxygens (including phenoxy) is 2. The third-order valence-electron chi connectivity index (χ3n) is 4.88. The molecule has 3 aromatic heterocycles. The molecule has 0 atom stereocenters. The van der Waals surface area contributed by atoms with Crippen molar-refractivity contribution in [3.8, 4) is 23.0 Å². The second kappa shape index (κ2) is 8.66. The van der Waals surface area contributed by atoms with Gasteiger partial charge in [-0.25, -0.2) is 4.98 Å². The predicted octanol–water partition coefficient (Wildman–Crippen LogP) is 4.08. The van der Waals surface area contributed by atoms with Gasteiger partial charge in [-0.2, -0.15) is 13.9 Å². The van der Waals surface area contributed by atoms with Crippen molar-refractivity contribution < 1.29 is 27.5 Å². The van der Waals surface area contributed by atoms with E-state index in [1.165, 1.54) is 25.5 Å². The Hall–Kier alpha value is -3.95. The van der Waals surface area contributed by atoms with Gasteiger partial charge < -0.3 is 19.2 Å². The SMILES string of the molecule is COc1cc(CNC(=O)c2cc(-c3ccco3)nc3c2c(C)nn3C)ccc1OC(F)F. The van der Waals surface area contributed by atoms with Crippen LogP contribution >= 0.6 is 0 Å². The Balaban J connectivity index is 1.63. The van der Waals surface area contributed by atoms with Gasteiger partial charge in [-0.15, -0.1) is 0 Å². The summed E-state index contributed by atoms with van der Waals surface area (Å²) in [6, 6.07) is 9.64. The number of carbonyl (C=O) groups is 1. The monoisotopic (exact) mass is 442 g/mol. The number of amides is 1. The molecule has 1 aromatic carbocycles. The summed E-state index contributed by atoms with van der Waals surface area (Å²) in [4.78, 5) is 17.7. The van der Waals surface area contributed by atoms with Crippen molar-refractivity contribution >= 4 is 16.9 Å². The molecule has 4 aromatic rings. The highest BCUT2D eigenvalue weighted by molar-refractivity contribution is 6.07. The van der Waals surface area contributed by atoms with Crippen LogP contribution in [0.3, 0.4) is 0 Å². The average Bonchev–Trinajstić information content (AvgIpc) is 3.40. The van der Waals surface area contributed by atoms with Gasteiger partial charge in [0.1, 0.15) is 5.69 Å². The van der Waals surface area contributed by atoms with Crippen LogP contribution in [-0.4, -0.2) is 34.4 Å². The van der Waals surface area contributed by atoms with Crippen molar-refractivity contribution in [3.63, 3.8) is 0 Å². The molecule has 1 N–H and O–H groups in total. The van der Waals surface area contributed by atoms with Crippen LogP contribution < -0.4 is 14.8 Å². The lowest BCUT2D eigenvalue weighted by atomic mass is 10.1. The van der Waals surface area contributed by atoms with Crippen LogP contribution in [-0.2, 0) is 13.6 Å². The van der Waals surface area contributed by atoms with Crippen LogP contribution in [0.5, 0.6) is 11.5 Å². The highest BCUT2D eigenvalue weighted by Crippen LogP contribution is 2.30. The highest BCUT2D eigenvalue weighted by Gasteiger charge is 2.20. The molecule has 32 heavy (non-hydrogen) atoms. The minimum atomic E-state index is -2.96.